The van der Waals surface area contributed by atoms with E-state index in [1.807, 2.05) is 0 Å². The third-order valence-corrected chi connectivity index (χ3v) is 7.45. The van der Waals surface area contributed by atoms with E-state index in [-0.39, 0.29) is 53.3 Å². The van der Waals surface area contributed by atoms with Gasteiger partial charge in [-0.1, -0.05) is 23.7 Å². The second kappa shape index (κ2) is 9.31. The number of amides is 3. The van der Waals surface area contributed by atoms with E-state index < -0.39 is 27.9 Å². The van der Waals surface area contributed by atoms with Crippen molar-refractivity contribution in [3.8, 4) is 0 Å². The quantitative estimate of drug-likeness (QED) is 0.616. The third-order valence-electron chi connectivity index (χ3n) is 5.26. The summed E-state index contributed by atoms with van der Waals surface area (Å²) in [6.45, 7) is 2.06. The lowest BCUT2D eigenvalue weighted by molar-refractivity contribution is -0.134. The van der Waals surface area contributed by atoms with E-state index in [1.165, 1.54) is 33.1 Å². The Kier molecular flexibility index (Phi) is 6.91. The zero-order chi connectivity index (χ0) is 23.6. The summed E-state index contributed by atoms with van der Waals surface area (Å²) < 4.78 is 28.4. The van der Waals surface area contributed by atoms with Gasteiger partial charge < -0.3 is 20.5 Å². The predicted octanol–water partition coefficient (Wildman–Crippen LogP) is 0.429. The first-order valence-corrected chi connectivity index (χ1v) is 11.6. The van der Waals surface area contributed by atoms with Crippen LogP contribution in [0.25, 0.3) is 0 Å². The SMILES string of the molecule is C[C@H](NC(=O)c1ccccc1Cl)C(=O)N1CCN(S(=O)(=O)c2cc(C(N)=O)n(C)c2)CC1. The summed E-state index contributed by atoms with van der Waals surface area (Å²) in [5.74, 6) is -1.51. The number of piperazine rings is 1. The van der Waals surface area contributed by atoms with Crippen molar-refractivity contribution >= 4 is 39.3 Å². The van der Waals surface area contributed by atoms with Crippen LogP contribution in [0.4, 0.5) is 0 Å². The van der Waals surface area contributed by atoms with Crippen LogP contribution in [0.3, 0.4) is 0 Å². The Balaban J connectivity index is 1.61. The maximum absolute atomic E-state index is 12.9. The molecule has 1 fully saturated rings. The molecule has 172 valence electrons. The number of rotatable bonds is 6. The number of primary amides is 1. The molecule has 3 rings (SSSR count). The van der Waals surface area contributed by atoms with Crippen LogP contribution in [0.5, 0.6) is 0 Å². The average molecular weight is 482 g/mol. The van der Waals surface area contributed by atoms with Crippen molar-refractivity contribution in [1.29, 1.82) is 0 Å². The highest BCUT2D eigenvalue weighted by atomic mass is 35.5. The van der Waals surface area contributed by atoms with Gasteiger partial charge in [0.15, 0.2) is 0 Å². The van der Waals surface area contributed by atoms with Gasteiger partial charge in [-0.05, 0) is 25.1 Å². The van der Waals surface area contributed by atoms with Gasteiger partial charge in [0, 0.05) is 39.4 Å². The monoisotopic (exact) mass is 481 g/mol. The van der Waals surface area contributed by atoms with Crippen molar-refractivity contribution in [1.82, 2.24) is 19.1 Å². The molecular formula is C20H24ClN5O5S. The van der Waals surface area contributed by atoms with Crippen LogP contribution in [0, 0.1) is 0 Å². The van der Waals surface area contributed by atoms with Gasteiger partial charge in [0.05, 0.1) is 10.6 Å². The summed E-state index contributed by atoms with van der Waals surface area (Å²) in [6, 6.07) is 6.95. The van der Waals surface area contributed by atoms with Crippen LogP contribution in [0.15, 0.2) is 41.4 Å². The highest BCUT2D eigenvalue weighted by molar-refractivity contribution is 7.89. The summed E-state index contributed by atoms with van der Waals surface area (Å²) >= 11 is 6.02. The molecule has 2 heterocycles. The van der Waals surface area contributed by atoms with E-state index >= 15 is 0 Å². The minimum absolute atomic E-state index is 0.0334. The molecule has 3 amide bonds. The first-order valence-electron chi connectivity index (χ1n) is 9.83. The molecule has 0 bridgehead atoms. The second-order valence-corrected chi connectivity index (χ2v) is 9.79. The van der Waals surface area contributed by atoms with Gasteiger partial charge in [0.1, 0.15) is 16.6 Å². The van der Waals surface area contributed by atoms with Gasteiger partial charge in [0.25, 0.3) is 11.8 Å². The number of carbonyl (C=O) groups is 3. The van der Waals surface area contributed by atoms with E-state index in [0.29, 0.717) is 0 Å². The van der Waals surface area contributed by atoms with Crippen molar-refractivity contribution in [3.05, 3.63) is 52.8 Å². The largest absolute Gasteiger partial charge is 0.364 e. The molecule has 0 saturated carbocycles. The summed E-state index contributed by atoms with van der Waals surface area (Å²) in [7, 11) is -2.31. The van der Waals surface area contributed by atoms with Crippen LogP contribution in [0.1, 0.15) is 27.8 Å². The number of sulfonamides is 1. The zero-order valence-electron chi connectivity index (χ0n) is 17.6. The van der Waals surface area contributed by atoms with Gasteiger partial charge >= 0.3 is 0 Å². The van der Waals surface area contributed by atoms with Gasteiger partial charge in [0.2, 0.25) is 15.9 Å². The number of hydrogen-bond donors (Lipinski definition) is 2. The molecule has 0 spiro atoms. The molecule has 2 aromatic rings. The Hall–Kier alpha value is -2.89. The van der Waals surface area contributed by atoms with Crippen LogP contribution < -0.4 is 11.1 Å². The minimum Gasteiger partial charge on any atom is -0.364 e. The Morgan fingerprint density at radius 2 is 1.75 bits per heavy atom. The van der Waals surface area contributed by atoms with E-state index in [9.17, 15) is 22.8 Å². The highest BCUT2D eigenvalue weighted by Crippen LogP contribution is 2.20. The number of hydrogen-bond acceptors (Lipinski definition) is 5. The Morgan fingerprint density at radius 3 is 2.31 bits per heavy atom. The van der Waals surface area contributed by atoms with Crippen LogP contribution in [0.2, 0.25) is 5.02 Å². The predicted molar refractivity (Wildman–Crippen MR) is 118 cm³/mol. The summed E-state index contributed by atoms with van der Waals surface area (Å²) in [5, 5.41) is 2.91. The number of nitrogens with two attached hydrogens (primary N) is 1. The molecule has 3 N–H and O–H groups in total. The smallest absolute Gasteiger partial charge is 0.265 e. The third kappa shape index (κ3) is 4.79. The molecule has 1 aliphatic rings. The van der Waals surface area contributed by atoms with Crippen LogP contribution in [-0.2, 0) is 21.9 Å². The molecule has 1 atom stereocenters. The molecule has 0 radical (unpaired) electrons. The molecule has 1 aromatic carbocycles. The number of aryl methyl sites for hydroxylation is 1. The molecule has 0 unspecified atom stereocenters. The topological polar surface area (TPSA) is 135 Å². The Bertz CT molecular complexity index is 1150. The molecule has 10 nitrogen and oxygen atoms in total. The fraction of sp³-hybridized carbons (Fsp3) is 0.350. The van der Waals surface area contributed by atoms with Crippen molar-refractivity contribution in [2.24, 2.45) is 12.8 Å². The minimum atomic E-state index is -3.84. The van der Waals surface area contributed by atoms with Crippen LogP contribution >= 0.6 is 11.6 Å². The van der Waals surface area contributed by atoms with E-state index in [2.05, 4.69) is 5.32 Å². The molecular weight excluding hydrogens is 458 g/mol. The van der Waals surface area contributed by atoms with E-state index in [1.54, 1.807) is 31.2 Å². The van der Waals surface area contributed by atoms with Crippen molar-refractivity contribution < 1.29 is 22.8 Å². The lowest BCUT2D eigenvalue weighted by Crippen LogP contribution is -2.55. The van der Waals surface area contributed by atoms with E-state index in [0.717, 1.165) is 0 Å². The van der Waals surface area contributed by atoms with Crippen LogP contribution in [-0.4, -0.2) is 72.1 Å². The highest BCUT2D eigenvalue weighted by Gasteiger charge is 2.33. The Labute approximate surface area is 191 Å². The number of halogens is 1. The standard InChI is InChI=1S/C20H24ClN5O5S/c1-13(23-19(28)15-5-3-4-6-16(15)21)20(29)25-7-9-26(10-8-25)32(30,31)14-11-17(18(22)27)24(2)12-14/h3-6,11-13H,7-10H2,1-2H3,(H2,22,27)(H,23,28)/t13-/m0/s1. The number of aromatic nitrogens is 1. The second-order valence-electron chi connectivity index (χ2n) is 7.44. The number of nitrogens with zero attached hydrogens (tertiary/aromatic N) is 3. The first-order chi connectivity index (χ1) is 15.0. The molecule has 0 aliphatic carbocycles. The lowest BCUT2D eigenvalue weighted by Gasteiger charge is -2.35. The molecule has 1 saturated heterocycles. The normalized spacial score (nSPS) is 15.9. The molecule has 12 heteroatoms. The van der Waals surface area contributed by atoms with Gasteiger partial charge in [-0.15, -0.1) is 0 Å². The Morgan fingerprint density at radius 1 is 1.12 bits per heavy atom. The van der Waals surface area contributed by atoms with Crippen molar-refractivity contribution in [3.63, 3.8) is 0 Å². The number of nitrogens with one attached hydrogen (secondary N) is 1. The number of carbonyl (C=O) groups excluding carboxylic acids is 3. The summed E-state index contributed by atoms with van der Waals surface area (Å²) in [6.07, 6.45) is 1.33. The molecule has 1 aromatic heterocycles. The maximum Gasteiger partial charge on any atom is 0.265 e. The van der Waals surface area contributed by atoms with Crippen molar-refractivity contribution in [2.45, 2.75) is 17.9 Å². The summed E-state index contributed by atoms with van der Waals surface area (Å²) in [4.78, 5) is 38.0. The maximum atomic E-state index is 12.9. The fourth-order valence-electron chi connectivity index (χ4n) is 3.47. The zero-order valence-corrected chi connectivity index (χ0v) is 19.2. The van der Waals surface area contributed by atoms with Crippen molar-refractivity contribution in [2.75, 3.05) is 26.2 Å². The van der Waals surface area contributed by atoms with Gasteiger partial charge in [-0.25, -0.2) is 8.42 Å². The molecule has 32 heavy (non-hydrogen) atoms. The first kappa shape index (κ1) is 23.8. The average Bonchev–Trinajstić information content (AvgIpc) is 3.16. The van der Waals surface area contributed by atoms with Gasteiger partial charge in [-0.2, -0.15) is 4.31 Å². The summed E-state index contributed by atoms with van der Waals surface area (Å²) in [5.41, 5.74) is 5.61. The van der Waals surface area contributed by atoms with E-state index in [4.69, 9.17) is 17.3 Å². The lowest BCUT2D eigenvalue weighted by atomic mass is 10.2. The number of benzene rings is 1. The molecule has 1 aliphatic heterocycles. The fourth-order valence-corrected chi connectivity index (χ4v) is 5.19. The van der Waals surface area contributed by atoms with Gasteiger partial charge in [-0.3, -0.25) is 14.4 Å².